The average molecular weight is 986 g/mol. The Balaban J connectivity index is 0.931. The van der Waals surface area contributed by atoms with Gasteiger partial charge in [0.25, 0.3) is 0 Å². The summed E-state index contributed by atoms with van der Waals surface area (Å²) in [5.74, 6) is -1.06. The Bertz CT molecular complexity index is 2700. The Labute approximate surface area is 432 Å². The van der Waals surface area contributed by atoms with Gasteiger partial charge in [0.15, 0.2) is 0 Å². The van der Waals surface area contributed by atoms with Crippen LogP contribution in [0.15, 0.2) is 127 Å². The molecule has 0 atom stereocenters. The van der Waals surface area contributed by atoms with Crippen molar-refractivity contribution < 1.29 is 42.9 Å². The van der Waals surface area contributed by atoms with Crippen LogP contribution < -0.4 is 23.7 Å². The molecule has 0 amide bonds. The number of carbonyl (C=O) groups is 4. The van der Waals surface area contributed by atoms with Crippen LogP contribution >= 0.6 is 0 Å². The van der Waals surface area contributed by atoms with Gasteiger partial charge in [0, 0.05) is 5.39 Å². The first-order chi connectivity index (χ1) is 35.7. The molecule has 0 fully saturated rings. The molecule has 10 heteroatoms. The van der Waals surface area contributed by atoms with Gasteiger partial charge in [0.05, 0.1) is 28.9 Å². The van der Waals surface area contributed by atoms with Crippen LogP contribution in [0.25, 0.3) is 10.8 Å². The molecule has 6 aromatic rings. The highest BCUT2D eigenvalue weighted by atomic mass is 16.5. The van der Waals surface area contributed by atoms with E-state index >= 15 is 0 Å². The normalized spacial score (nSPS) is 10.9. The largest absolute Gasteiger partial charge is 0.494 e. The number of nitriles is 1. The first-order valence-electron chi connectivity index (χ1n) is 26.6. The van der Waals surface area contributed by atoms with Gasteiger partial charge in [-0.05, 0) is 133 Å². The molecule has 382 valence electrons. The van der Waals surface area contributed by atoms with E-state index in [1.807, 2.05) is 12.1 Å². The molecule has 0 aliphatic carbocycles. The Morgan fingerprint density at radius 1 is 0.397 bits per heavy atom. The van der Waals surface area contributed by atoms with Crippen molar-refractivity contribution in [2.75, 3.05) is 6.61 Å². The van der Waals surface area contributed by atoms with Gasteiger partial charge in [0.1, 0.15) is 40.4 Å². The number of unbranched alkanes of at least 4 members (excludes halogenated alkanes) is 18. The number of nitrogens with zero attached hydrogens (tertiary/aromatic N) is 1. The monoisotopic (exact) mass is 986 g/mol. The van der Waals surface area contributed by atoms with Gasteiger partial charge in [-0.2, -0.15) is 5.26 Å². The summed E-state index contributed by atoms with van der Waals surface area (Å²) in [4.78, 5) is 52.3. The molecule has 0 spiro atoms. The fourth-order valence-electron chi connectivity index (χ4n) is 8.61. The Hall–Kier alpha value is -7.25. The third-order valence-electron chi connectivity index (χ3n) is 12.9. The van der Waals surface area contributed by atoms with Crippen LogP contribution in [0.1, 0.15) is 195 Å². The fraction of sp³-hybridized carbons (Fsp3) is 0.381. The number of ether oxygens (including phenoxy) is 5. The van der Waals surface area contributed by atoms with Crippen molar-refractivity contribution in [3.05, 3.63) is 161 Å². The van der Waals surface area contributed by atoms with Gasteiger partial charge < -0.3 is 23.7 Å². The van der Waals surface area contributed by atoms with Gasteiger partial charge in [-0.25, -0.2) is 19.2 Å². The molecule has 0 saturated carbocycles. The number of fused-ring (bicyclic) bond motifs is 1. The van der Waals surface area contributed by atoms with Crippen LogP contribution in [0.2, 0.25) is 0 Å². The maximum Gasteiger partial charge on any atom is 0.343 e. The average Bonchev–Trinajstić information content (AvgIpc) is 3.41. The van der Waals surface area contributed by atoms with Crippen LogP contribution in [0.4, 0.5) is 0 Å². The van der Waals surface area contributed by atoms with E-state index in [2.05, 4.69) is 19.9 Å². The van der Waals surface area contributed by atoms with E-state index in [4.69, 9.17) is 23.7 Å². The van der Waals surface area contributed by atoms with Crippen LogP contribution in [-0.2, 0) is 6.42 Å². The van der Waals surface area contributed by atoms with Crippen LogP contribution in [0.3, 0.4) is 0 Å². The lowest BCUT2D eigenvalue weighted by Crippen LogP contribution is -2.11. The molecule has 0 aliphatic rings. The predicted molar refractivity (Wildman–Crippen MR) is 287 cm³/mol. The summed E-state index contributed by atoms with van der Waals surface area (Å²) < 4.78 is 28.4. The summed E-state index contributed by atoms with van der Waals surface area (Å²) in [5.41, 5.74) is 2.43. The van der Waals surface area contributed by atoms with E-state index in [1.54, 1.807) is 54.6 Å². The van der Waals surface area contributed by atoms with Gasteiger partial charge in [-0.3, -0.25) is 0 Å². The third kappa shape index (κ3) is 18.4. The second-order valence-corrected chi connectivity index (χ2v) is 18.7. The zero-order valence-corrected chi connectivity index (χ0v) is 42.8. The lowest BCUT2D eigenvalue weighted by Gasteiger charge is -2.11. The number of hydrogen-bond donors (Lipinski definition) is 0. The lowest BCUT2D eigenvalue weighted by atomic mass is 10.0. The predicted octanol–water partition coefficient (Wildman–Crippen LogP) is 16.4. The molecule has 0 saturated heterocycles. The molecule has 73 heavy (non-hydrogen) atoms. The zero-order chi connectivity index (χ0) is 51.5. The van der Waals surface area contributed by atoms with E-state index in [0.29, 0.717) is 34.3 Å². The van der Waals surface area contributed by atoms with E-state index in [9.17, 15) is 24.4 Å². The Kier molecular flexibility index (Phi) is 23.1. The van der Waals surface area contributed by atoms with E-state index in [1.165, 1.54) is 175 Å². The van der Waals surface area contributed by atoms with Crippen LogP contribution in [0, 0.1) is 11.3 Å². The minimum atomic E-state index is -0.721. The molecular weight excluding hydrogens is 915 g/mol. The van der Waals surface area contributed by atoms with Gasteiger partial charge >= 0.3 is 23.9 Å². The van der Waals surface area contributed by atoms with Gasteiger partial charge in [0.2, 0.25) is 0 Å². The second kappa shape index (κ2) is 30.6. The summed E-state index contributed by atoms with van der Waals surface area (Å²) in [6.07, 6.45) is 26.4. The first kappa shape index (κ1) is 55.1. The highest BCUT2D eigenvalue weighted by molar-refractivity contribution is 5.97. The molecule has 0 unspecified atom stereocenters. The molecule has 6 rings (SSSR count). The van der Waals surface area contributed by atoms with Crippen LogP contribution in [-0.4, -0.2) is 30.5 Å². The standard InChI is InChI=1S/C63H71NO9/c1-3-5-7-9-11-13-15-17-19-21-23-47-24-26-49(27-25-47)60(65)70-55-40-33-52(34-41-55)63(68)73-59-43-35-48-28-42-56(45-57(48)58(59)46-64)72-62(67)51-31-38-54(39-32-51)71-61(66)50-29-36-53(37-30-50)69-44-22-20-18-16-14-12-10-8-6-4-2/h24-43,45H,3-23,44H2,1-2H3. The first-order valence-corrected chi connectivity index (χ1v) is 26.6. The minimum absolute atomic E-state index is 0.0181. The number of aryl methyl sites for hydroxylation is 1. The summed E-state index contributed by atoms with van der Waals surface area (Å²) in [6, 6.07) is 36.5. The molecule has 0 radical (unpaired) electrons. The Morgan fingerprint density at radius 3 is 1.23 bits per heavy atom. The Morgan fingerprint density at radius 2 is 0.767 bits per heavy atom. The molecule has 10 nitrogen and oxygen atoms in total. The summed E-state index contributed by atoms with van der Waals surface area (Å²) >= 11 is 0. The smallest absolute Gasteiger partial charge is 0.343 e. The lowest BCUT2D eigenvalue weighted by molar-refractivity contribution is 0.0720. The van der Waals surface area contributed by atoms with Crippen molar-refractivity contribution in [3.63, 3.8) is 0 Å². The topological polar surface area (TPSA) is 138 Å². The van der Waals surface area contributed by atoms with Crippen molar-refractivity contribution in [2.24, 2.45) is 0 Å². The molecule has 0 heterocycles. The van der Waals surface area contributed by atoms with Crippen molar-refractivity contribution in [1.29, 1.82) is 5.26 Å². The van der Waals surface area contributed by atoms with Crippen molar-refractivity contribution >= 4 is 34.6 Å². The maximum absolute atomic E-state index is 13.3. The molecular formula is C63H71NO9. The number of esters is 4. The maximum atomic E-state index is 13.3. The number of rotatable bonds is 31. The van der Waals surface area contributed by atoms with Crippen molar-refractivity contribution in [3.8, 4) is 34.8 Å². The number of benzene rings is 6. The van der Waals surface area contributed by atoms with E-state index in [0.717, 1.165) is 25.7 Å². The van der Waals surface area contributed by atoms with Gasteiger partial charge in [-0.1, -0.05) is 154 Å². The quantitative estimate of drug-likeness (QED) is 0.0235. The van der Waals surface area contributed by atoms with Gasteiger partial charge in [-0.15, -0.1) is 0 Å². The minimum Gasteiger partial charge on any atom is -0.494 e. The molecule has 0 N–H and O–H groups in total. The summed E-state index contributed by atoms with van der Waals surface area (Å²) in [7, 11) is 0. The van der Waals surface area contributed by atoms with Crippen LogP contribution in [0.5, 0.6) is 28.7 Å². The number of carbonyl (C=O) groups excluding carboxylic acids is 4. The SMILES string of the molecule is CCCCCCCCCCCCOc1ccc(C(=O)Oc2ccc(C(=O)Oc3ccc4ccc(OC(=O)c5ccc(OC(=O)c6ccc(CCCCCCCCCCCC)cc6)cc5)c(C#N)c4c3)cc2)cc1. The molecule has 0 aliphatic heterocycles. The second-order valence-electron chi connectivity index (χ2n) is 18.7. The molecule has 6 aromatic carbocycles. The zero-order valence-electron chi connectivity index (χ0n) is 42.8. The van der Waals surface area contributed by atoms with Crippen molar-refractivity contribution in [1.82, 2.24) is 0 Å². The van der Waals surface area contributed by atoms with Crippen molar-refractivity contribution in [2.45, 2.75) is 149 Å². The highest BCUT2D eigenvalue weighted by Gasteiger charge is 2.18. The van der Waals surface area contributed by atoms with E-state index in [-0.39, 0.29) is 39.7 Å². The summed E-state index contributed by atoms with van der Waals surface area (Å²) in [5, 5.41) is 11.3. The molecule has 0 aromatic heterocycles. The fourth-order valence-corrected chi connectivity index (χ4v) is 8.61. The molecule has 0 bridgehead atoms. The summed E-state index contributed by atoms with van der Waals surface area (Å²) in [6.45, 7) is 5.12. The van der Waals surface area contributed by atoms with E-state index < -0.39 is 23.9 Å². The third-order valence-corrected chi connectivity index (χ3v) is 12.9. The highest BCUT2D eigenvalue weighted by Crippen LogP contribution is 2.32. The number of hydrogen-bond acceptors (Lipinski definition) is 10.